The summed E-state index contributed by atoms with van der Waals surface area (Å²) in [4.78, 5) is 18.8. The highest BCUT2D eigenvalue weighted by Gasteiger charge is 2.34. The van der Waals surface area contributed by atoms with Crippen molar-refractivity contribution in [2.24, 2.45) is 0 Å². The Bertz CT molecular complexity index is 981. The van der Waals surface area contributed by atoms with Crippen LogP contribution < -0.4 is 0 Å². The molecule has 0 spiro atoms. The van der Waals surface area contributed by atoms with Gasteiger partial charge in [-0.2, -0.15) is 4.98 Å². The van der Waals surface area contributed by atoms with Gasteiger partial charge in [-0.15, -0.1) is 0 Å². The maximum atomic E-state index is 12.4. The van der Waals surface area contributed by atoms with Gasteiger partial charge in [-0.1, -0.05) is 41.0 Å². The van der Waals surface area contributed by atoms with E-state index < -0.39 is 0 Å². The summed E-state index contributed by atoms with van der Waals surface area (Å²) in [5, 5.41) is 4.80. The first-order valence-electron chi connectivity index (χ1n) is 8.93. The topological polar surface area (TPSA) is 59.2 Å². The molecule has 27 heavy (non-hydrogen) atoms. The minimum Gasteiger partial charge on any atom is -0.339 e. The highest BCUT2D eigenvalue weighted by atomic mass is 35.5. The molecule has 0 radical (unpaired) electrons. The van der Waals surface area contributed by atoms with E-state index in [1.54, 1.807) is 0 Å². The number of hydrogen-bond donors (Lipinski definition) is 0. The van der Waals surface area contributed by atoms with Crippen molar-refractivity contribution in [3.63, 3.8) is 0 Å². The molecule has 1 fully saturated rings. The zero-order valence-corrected chi connectivity index (χ0v) is 16.0. The quantitative estimate of drug-likeness (QED) is 0.666. The predicted octanol–water partition coefficient (Wildman–Crippen LogP) is 4.52. The molecule has 1 aromatic heterocycles. The minimum atomic E-state index is -0.0717. The summed E-state index contributed by atoms with van der Waals surface area (Å²) in [6, 6.07) is 13.6. The Kier molecular flexibility index (Phi) is 4.70. The third-order valence-electron chi connectivity index (χ3n) is 5.06. The van der Waals surface area contributed by atoms with Crippen LogP contribution in [0.4, 0.5) is 0 Å². The van der Waals surface area contributed by atoms with Crippen LogP contribution in [0.1, 0.15) is 34.9 Å². The number of benzene rings is 2. The van der Waals surface area contributed by atoms with E-state index in [4.69, 9.17) is 16.1 Å². The molecule has 2 aromatic carbocycles. The molecular weight excluding hydrogens is 362 g/mol. The standard InChI is InChI=1S/C21H20ClN3O2/c1-13-3-6-16(9-14(13)2)20-23-21(27-24-20)17-10-19(26)25(12-17)11-15-4-7-18(22)8-5-15/h3-9,17H,10-12H2,1-2H3. The van der Waals surface area contributed by atoms with Crippen LogP contribution in [0.25, 0.3) is 11.4 Å². The van der Waals surface area contributed by atoms with Crippen LogP contribution in [0, 0.1) is 13.8 Å². The van der Waals surface area contributed by atoms with E-state index in [0.717, 1.165) is 11.1 Å². The molecule has 0 bridgehead atoms. The Hall–Kier alpha value is -2.66. The first kappa shape index (κ1) is 17.7. The van der Waals surface area contributed by atoms with E-state index in [0.29, 0.717) is 36.2 Å². The average molecular weight is 382 g/mol. The zero-order valence-electron chi connectivity index (χ0n) is 15.3. The van der Waals surface area contributed by atoms with Crippen molar-refractivity contribution in [2.45, 2.75) is 32.7 Å². The molecule has 1 atom stereocenters. The molecule has 1 saturated heterocycles. The minimum absolute atomic E-state index is 0.0717. The average Bonchev–Trinajstić information content (AvgIpc) is 3.27. The Labute approximate surface area is 163 Å². The largest absolute Gasteiger partial charge is 0.339 e. The molecule has 0 aliphatic carbocycles. The molecule has 6 heteroatoms. The number of hydrogen-bond acceptors (Lipinski definition) is 4. The maximum Gasteiger partial charge on any atom is 0.232 e. The number of rotatable bonds is 4. The molecular formula is C21H20ClN3O2. The summed E-state index contributed by atoms with van der Waals surface area (Å²) in [7, 11) is 0. The van der Waals surface area contributed by atoms with Gasteiger partial charge < -0.3 is 9.42 Å². The van der Waals surface area contributed by atoms with Crippen LogP contribution in [0.15, 0.2) is 47.0 Å². The lowest BCUT2D eigenvalue weighted by Gasteiger charge is -2.16. The van der Waals surface area contributed by atoms with Gasteiger partial charge >= 0.3 is 0 Å². The van der Waals surface area contributed by atoms with E-state index in [2.05, 4.69) is 30.1 Å². The summed E-state index contributed by atoms with van der Waals surface area (Å²) in [6.07, 6.45) is 0.391. The summed E-state index contributed by atoms with van der Waals surface area (Å²) >= 11 is 5.92. The van der Waals surface area contributed by atoms with E-state index in [-0.39, 0.29) is 11.8 Å². The monoisotopic (exact) mass is 381 g/mol. The van der Waals surface area contributed by atoms with Crippen molar-refractivity contribution >= 4 is 17.5 Å². The maximum absolute atomic E-state index is 12.4. The fourth-order valence-corrected chi connectivity index (χ4v) is 3.43. The molecule has 0 saturated carbocycles. The highest BCUT2D eigenvalue weighted by molar-refractivity contribution is 6.30. The highest BCUT2D eigenvalue weighted by Crippen LogP contribution is 2.30. The number of aryl methyl sites for hydroxylation is 2. The van der Waals surface area contributed by atoms with Crippen LogP contribution >= 0.6 is 11.6 Å². The third-order valence-corrected chi connectivity index (χ3v) is 5.31. The van der Waals surface area contributed by atoms with E-state index in [1.807, 2.05) is 41.3 Å². The normalized spacial score (nSPS) is 16.9. The summed E-state index contributed by atoms with van der Waals surface area (Å²) in [5.74, 6) is 1.12. The Morgan fingerprint density at radius 2 is 1.93 bits per heavy atom. The first-order valence-corrected chi connectivity index (χ1v) is 9.31. The Morgan fingerprint density at radius 1 is 1.15 bits per heavy atom. The van der Waals surface area contributed by atoms with Gasteiger partial charge in [0.25, 0.3) is 0 Å². The second-order valence-electron chi connectivity index (χ2n) is 7.06. The lowest BCUT2D eigenvalue weighted by Crippen LogP contribution is -2.24. The number of amides is 1. The van der Waals surface area contributed by atoms with Gasteiger partial charge in [0.05, 0.1) is 5.92 Å². The fourth-order valence-electron chi connectivity index (χ4n) is 3.30. The molecule has 1 unspecified atom stereocenters. The van der Waals surface area contributed by atoms with Gasteiger partial charge in [-0.25, -0.2) is 0 Å². The van der Waals surface area contributed by atoms with E-state index >= 15 is 0 Å². The molecule has 1 aliphatic rings. The molecule has 2 heterocycles. The number of carbonyl (C=O) groups is 1. The van der Waals surface area contributed by atoms with Crippen molar-refractivity contribution in [3.05, 3.63) is 70.1 Å². The van der Waals surface area contributed by atoms with Crippen LogP contribution in [0.5, 0.6) is 0 Å². The van der Waals surface area contributed by atoms with Gasteiger partial charge in [-0.05, 0) is 48.7 Å². The van der Waals surface area contributed by atoms with Crippen molar-refractivity contribution in [2.75, 3.05) is 6.54 Å². The van der Waals surface area contributed by atoms with Crippen LogP contribution in [-0.4, -0.2) is 27.5 Å². The molecule has 1 aliphatic heterocycles. The number of aromatic nitrogens is 2. The smallest absolute Gasteiger partial charge is 0.232 e. The first-order chi connectivity index (χ1) is 13.0. The van der Waals surface area contributed by atoms with Gasteiger partial charge in [0.1, 0.15) is 0 Å². The molecule has 3 aromatic rings. The summed E-state index contributed by atoms with van der Waals surface area (Å²) < 4.78 is 5.48. The van der Waals surface area contributed by atoms with E-state index in [9.17, 15) is 4.79 Å². The SMILES string of the molecule is Cc1ccc(-c2noc(C3CC(=O)N(Cc4ccc(Cl)cc4)C3)n2)cc1C. The number of halogens is 1. The number of nitrogens with zero attached hydrogens (tertiary/aromatic N) is 3. The lowest BCUT2D eigenvalue weighted by molar-refractivity contribution is -0.128. The number of carbonyl (C=O) groups excluding carboxylic acids is 1. The second kappa shape index (κ2) is 7.16. The predicted molar refractivity (Wildman–Crippen MR) is 103 cm³/mol. The Balaban J connectivity index is 1.48. The van der Waals surface area contributed by atoms with Crippen molar-refractivity contribution in [1.82, 2.24) is 15.0 Å². The van der Waals surface area contributed by atoms with Crippen molar-refractivity contribution < 1.29 is 9.32 Å². The van der Waals surface area contributed by atoms with Crippen LogP contribution in [-0.2, 0) is 11.3 Å². The van der Waals surface area contributed by atoms with Gasteiger partial charge in [-0.3, -0.25) is 4.79 Å². The summed E-state index contributed by atoms with van der Waals surface area (Å²) in [5.41, 5.74) is 4.39. The zero-order chi connectivity index (χ0) is 19.0. The summed E-state index contributed by atoms with van der Waals surface area (Å²) in [6.45, 7) is 5.27. The molecule has 138 valence electrons. The van der Waals surface area contributed by atoms with Crippen molar-refractivity contribution in [3.8, 4) is 11.4 Å². The lowest BCUT2D eigenvalue weighted by atomic mass is 10.1. The van der Waals surface area contributed by atoms with Crippen molar-refractivity contribution in [1.29, 1.82) is 0 Å². The fraction of sp³-hybridized carbons (Fsp3) is 0.286. The Morgan fingerprint density at radius 3 is 2.67 bits per heavy atom. The van der Waals surface area contributed by atoms with E-state index in [1.165, 1.54) is 11.1 Å². The van der Waals surface area contributed by atoms with Gasteiger partial charge in [0.2, 0.25) is 17.6 Å². The molecule has 5 nitrogen and oxygen atoms in total. The second-order valence-corrected chi connectivity index (χ2v) is 7.49. The van der Waals surface area contributed by atoms with Crippen LogP contribution in [0.3, 0.4) is 0 Å². The van der Waals surface area contributed by atoms with Gasteiger partial charge in [0.15, 0.2) is 0 Å². The third kappa shape index (κ3) is 3.74. The molecule has 4 rings (SSSR count). The number of likely N-dealkylation sites (tertiary alicyclic amines) is 1. The van der Waals surface area contributed by atoms with Gasteiger partial charge in [0, 0.05) is 30.1 Å². The molecule has 1 amide bonds. The van der Waals surface area contributed by atoms with Crippen LogP contribution in [0.2, 0.25) is 5.02 Å². The molecule has 0 N–H and O–H groups in total.